The molecule has 0 radical (unpaired) electrons. The molecule has 0 bridgehead atoms. The average molecular weight is 329 g/mol. The second-order valence-corrected chi connectivity index (χ2v) is 8.30. The van der Waals surface area contributed by atoms with E-state index < -0.39 is 0 Å². The van der Waals surface area contributed by atoms with Crippen LogP contribution in [0.25, 0.3) is 0 Å². The topological polar surface area (TPSA) is 30.5 Å². The summed E-state index contributed by atoms with van der Waals surface area (Å²) in [5.74, 6) is 0. The molecule has 0 amide bonds. The van der Waals surface area contributed by atoms with Crippen molar-refractivity contribution < 1.29 is 9.47 Å². The molecule has 1 N–H and O–H groups in total. The van der Waals surface area contributed by atoms with E-state index >= 15 is 0 Å². The Balaban J connectivity index is 1.78. The minimum Gasteiger partial charge on any atom is -0.374 e. The average Bonchev–Trinajstić information content (AvgIpc) is 3.07. The summed E-state index contributed by atoms with van der Waals surface area (Å²) < 4.78 is 12.3. The molecule has 2 aromatic rings. The smallest absolute Gasteiger partial charge is 0.113 e. The lowest BCUT2D eigenvalue weighted by atomic mass is 9.82. The summed E-state index contributed by atoms with van der Waals surface area (Å²) in [6.07, 6.45) is 0.0412. The monoisotopic (exact) mass is 329 g/mol. The Morgan fingerprint density at radius 1 is 1.13 bits per heavy atom. The molecular weight excluding hydrogens is 306 g/mol. The molecule has 1 aromatic heterocycles. The second-order valence-electron chi connectivity index (χ2n) is 7.32. The van der Waals surface area contributed by atoms with Gasteiger partial charge in [-0.25, -0.2) is 0 Å². The molecule has 3 nitrogen and oxygen atoms in total. The summed E-state index contributed by atoms with van der Waals surface area (Å²) in [4.78, 5) is 1.30. The van der Waals surface area contributed by atoms with E-state index in [2.05, 4.69) is 61.8 Å². The van der Waals surface area contributed by atoms with Crippen molar-refractivity contribution in [1.29, 1.82) is 0 Å². The number of anilines is 1. The lowest BCUT2D eigenvalue weighted by molar-refractivity contribution is -0.150. The summed E-state index contributed by atoms with van der Waals surface area (Å²) in [6, 6.07) is 11.1. The molecule has 2 aliphatic heterocycles. The number of benzene rings is 1. The van der Waals surface area contributed by atoms with Crippen molar-refractivity contribution in [2.75, 3.05) is 18.5 Å². The van der Waals surface area contributed by atoms with Gasteiger partial charge in [-0.05, 0) is 28.5 Å². The zero-order valence-corrected chi connectivity index (χ0v) is 14.7. The number of ether oxygens (including phenoxy) is 2. The van der Waals surface area contributed by atoms with E-state index in [1.54, 1.807) is 11.3 Å². The number of fused-ring (bicyclic) bond motifs is 3. The molecule has 122 valence electrons. The van der Waals surface area contributed by atoms with Gasteiger partial charge in [0.05, 0.1) is 19.3 Å². The summed E-state index contributed by atoms with van der Waals surface area (Å²) >= 11 is 1.77. The first-order valence-corrected chi connectivity index (χ1v) is 9.09. The van der Waals surface area contributed by atoms with Gasteiger partial charge in [0.1, 0.15) is 12.2 Å². The van der Waals surface area contributed by atoms with E-state index in [-0.39, 0.29) is 23.7 Å². The first-order chi connectivity index (χ1) is 11.0. The van der Waals surface area contributed by atoms with Crippen molar-refractivity contribution in [3.05, 3.63) is 51.7 Å². The van der Waals surface area contributed by atoms with E-state index in [0.717, 1.165) is 0 Å². The third kappa shape index (κ3) is 2.69. The Hall–Kier alpha value is -1.36. The third-order valence-corrected chi connectivity index (χ3v) is 5.66. The maximum Gasteiger partial charge on any atom is 0.113 e. The van der Waals surface area contributed by atoms with Crippen molar-refractivity contribution in [2.24, 2.45) is 0 Å². The Kier molecular flexibility index (Phi) is 3.71. The van der Waals surface area contributed by atoms with Gasteiger partial charge in [0.25, 0.3) is 0 Å². The zero-order chi connectivity index (χ0) is 16.0. The molecule has 3 heterocycles. The Morgan fingerprint density at radius 3 is 2.70 bits per heavy atom. The molecule has 1 aromatic carbocycles. The van der Waals surface area contributed by atoms with Gasteiger partial charge in [-0.1, -0.05) is 39.0 Å². The van der Waals surface area contributed by atoms with Crippen molar-refractivity contribution in [3.63, 3.8) is 0 Å². The number of thiophene rings is 1. The summed E-state index contributed by atoms with van der Waals surface area (Å²) in [6.45, 7) is 8.07. The van der Waals surface area contributed by atoms with Gasteiger partial charge < -0.3 is 14.8 Å². The number of hydrogen-bond donors (Lipinski definition) is 1. The predicted molar refractivity (Wildman–Crippen MR) is 94.3 cm³/mol. The molecule has 0 saturated carbocycles. The lowest BCUT2D eigenvalue weighted by Crippen LogP contribution is -2.43. The Morgan fingerprint density at radius 2 is 1.96 bits per heavy atom. The molecule has 2 aliphatic rings. The molecule has 3 atom stereocenters. The Labute approximate surface area is 141 Å². The maximum absolute atomic E-state index is 6.14. The van der Waals surface area contributed by atoms with Gasteiger partial charge in [-0.15, -0.1) is 11.3 Å². The highest BCUT2D eigenvalue weighted by Gasteiger charge is 2.41. The first-order valence-electron chi connectivity index (χ1n) is 8.21. The van der Waals surface area contributed by atoms with E-state index in [1.165, 1.54) is 21.7 Å². The van der Waals surface area contributed by atoms with Gasteiger partial charge >= 0.3 is 0 Å². The van der Waals surface area contributed by atoms with Crippen molar-refractivity contribution in [3.8, 4) is 0 Å². The van der Waals surface area contributed by atoms with Crippen LogP contribution in [0.2, 0.25) is 0 Å². The molecule has 4 rings (SSSR count). The molecule has 0 spiro atoms. The highest BCUT2D eigenvalue weighted by molar-refractivity contribution is 7.10. The number of rotatable bonds is 1. The Bertz CT molecular complexity index is 690. The van der Waals surface area contributed by atoms with Gasteiger partial charge in [0.2, 0.25) is 0 Å². The predicted octanol–water partition coefficient (Wildman–Crippen LogP) is 4.67. The van der Waals surface area contributed by atoms with Crippen LogP contribution in [0.4, 0.5) is 5.69 Å². The summed E-state index contributed by atoms with van der Waals surface area (Å²) in [7, 11) is 0. The van der Waals surface area contributed by atoms with E-state index in [4.69, 9.17) is 9.47 Å². The normalized spacial score (nSPS) is 27.0. The lowest BCUT2D eigenvalue weighted by Gasteiger charge is -2.43. The van der Waals surface area contributed by atoms with E-state index in [1.807, 2.05) is 0 Å². The molecule has 23 heavy (non-hydrogen) atoms. The fourth-order valence-electron chi connectivity index (χ4n) is 3.43. The highest BCUT2D eigenvalue weighted by Crippen LogP contribution is 2.46. The first kappa shape index (κ1) is 15.2. The zero-order valence-electron chi connectivity index (χ0n) is 13.8. The number of nitrogens with one attached hydrogen (secondary N) is 1. The molecule has 1 fully saturated rings. The maximum atomic E-state index is 6.14. The van der Waals surface area contributed by atoms with Crippen molar-refractivity contribution in [1.82, 2.24) is 0 Å². The van der Waals surface area contributed by atoms with Gasteiger partial charge in [0.15, 0.2) is 0 Å². The van der Waals surface area contributed by atoms with Gasteiger partial charge in [-0.3, -0.25) is 0 Å². The summed E-state index contributed by atoms with van der Waals surface area (Å²) in [5, 5.41) is 5.80. The molecular formula is C19H23NO2S. The van der Waals surface area contributed by atoms with E-state index in [9.17, 15) is 0 Å². The second kappa shape index (κ2) is 5.62. The molecule has 4 heteroatoms. The van der Waals surface area contributed by atoms with Crippen LogP contribution in [-0.4, -0.2) is 19.3 Å². The van der Waals surface area contributed by atoms with Crippen molar-refractivity contribution >= 4 is 17.0 Å². The van der Waals surface area contributed by atoms with Crippen LogP contribution in [0.5, 0.6) is 0 Å². The van der Waals surface area contributed by atoms with E-state index in [0.29, 0.717) is 13.2 Å². The van der Waals surface area contributed by atoms with Crippen LogP contribution in [0.15, 0.2) is 35.7 Å². The van der Waals surface area contributed by atoms with Gasteiger partial charge in [-0.2, -0.15) is 0 Å². The van der Waals surface area contributed by atoms with Crippen LogP contribution >= 0.6 is 11.3 Å². The molecule has 3 unspecified atom stereocenters. The van der Waals surface area contributed by atoms with Crippen LogP contribution < -0.4 is 5.32 Å². The minimum absolute atomic E-state index is 0.00870. The fourth-order valence-corrected chi connectivity index (χ4v) is 4.24. The fraction of sp³-hybridized carbons (Fsp3) is 0.474. The van der Waals surface area contributed by atoms with Crippen LogP contribution in [0, 0.1) is 0 Å². The third-order valence-electron chi connectivity index (χ3n) is 4.70. The van der Waals surface area contributed by atoms with Crippen LogP contribution in [-0.2, 0) is 14.9 Å². The van der Waals surface area contributed by atoms with Gasteiger partial charge in [0, 0.05) is 16.1 Å². The molecule has 1 saturated heterocycles. The minimum atomic E-state index is 0.00870. The highest BCUT2D eigenvalue weighted by atomic mass is 32.1. The van der Waals surface area contributed by atoms with Crippen LogP contribution in [0.3, 0.4) is 0 Å². The summed E-state index contributed by atoms with van der Waals surface area (Å²) in [5.41, 5.74) is 3.86. The van der Waals surface area contributed by atoms with Crippen LogP contribution in [0.1, 0.15) is 48.9 Å². The molecule has 0 aliphatic carbocycles. The van der Waals surface area contributed by atoms with Crippen molar-refractivity contribution in [2.45, 2.75) is 44.4 Å². The quantitative estimate of drug-likeness (QED) is 0.825. The standard InChI is InChI=1S/C19H23NO2S/c1-19(2,3)12-6-7-14-13(11-12)17-18(22-9-8-21-17)16(20-14)15-5-4-10-23-15/h4-7,10-11,16-18,20H,8-9H2,1-3H3. The largest absolute Gasteiger partial charge is 0.374 e. The SMILES string of the molecule is CC(C)(C)c1ccc2c(c1)C1OCCOC1C(c1cccs1)N2. The number of hydrogen-bond acceptors (Lipinski definition) is 4.